The molecule has 0 aromatic heterocycles. The number of rotatable bonds is 10. The van der Waals surface area contributed by atoms with Crippen molar-refractivity contribution in [2.45, 2.75) is 69.2 Å². The Balaban J connectivity index is 1.48. The second-order valence-corrected chi connectivity index (χ2v) is 7.65. The number of hydrogen-bond donors (Lipinski definition) is 3. The van der Waals surface area contributed by atoms with Gasteiger partial charge in [-0.05, 0) is 32.6 Å². The van der Waals surface area contributed by atoms with Crippen molar-refractivity contribution in [3.63, 3.8) is 0 Å². The molecular weight excluding hydrogens is 314 g/mol. The first-order valence-electron chi connectivity index (χ1n) is 8.51. The maximum atomic E-state index is 11.7. The van der Waals surface area contributed by atoms with Crippen LogP contribution in [-0.2, 0) is 9.59 Å². The molecule has 0 aromatic rings. The fourth-order valence-corrected chi connectivity index (χ4v) is 4.63. The van der Waals surface area contributed by atoms with Crippen molar-refractivity contribution in [2.75, 3.05) is 12.3 Å². The highest BCUT2D eigenvalue weighted by molar-refractivity contribution is 8.00. The molecule has 0 aliphatic carbocycles. The molecule has 0 spiro atoms. The van der Waals surface area contributed by atoms with Gasteiger partial charge in [0.15, 0.2) is 0 Å². The lowest BCUT2D eigenvalue weighted by molar-refractivity contribution is -0.121. The highest BCUT2D eigenvalue weighted by Crippen LogP contribution is 2.33. The number of ketones is 1. The second kappa shape index (κ2) is 9.15. The van der Waals surface area contributed by atoms with Crippen molar-refractivity contribution < 1.29 is 14.4 Å². The Morgan fingerprint density at radius 2 is 1.96 bits per heavy atom. The molecule has 0 unspecified atom stereocenters. The summed E-state index contributed by atoms with van der Waals surface area (Å²) in [5.74, 6) is 1.28. The van der Waals surface area contributed by atoms with Crippen LogP contribution in [0.4, 0.5) is 4.79 Å². The third kappa shape index (κ3) is 6.05. The molecule has 0 radical (unpaired) electrons. The zero-order valence-electron chi connectivity index (χ0n) is 13.7. The number of nitrogens with one attached hydrogen (secondary N) is 3. The zero-order valence-corrected chi connectivity index (χ0v) is 14.5. The molecule has 2 saturated heterocycles. The van der Waals surface area contributed by atoms with Gasteiger partial charge < -0.3 is 20.7 Å². The summed E-state index contributed by atoms with van der Waals surface area (Å²) in [6, 6.07) is 0.479. The number of Topliss-reactive ketones (excluding diaryl/α,β-unsaturated/α-hetero) is 1. The maximum absolute atomic E-state index is 11.7. The third-order valence-electron chi connectivity index (χ3n) is 4.36. The number of carbonyl (C=O) groups is 3. The van der Waals surface area contributed by atoms with Crippen LogP contribution in [0.3, 0.4) is 0 Å². The van der Waals surface area contributed by atoms with Gasteiger partial charge in [0.2, 0.25) is 5.91 Å². The van der Waals surface area contributed by atoms with Gasteiger partial charge in [0.1, 0.15) is 5.78 Å². The number of fused-ring (bicyclic) bond motifs is 1. The van der Waals surface area contributed by atoms with Crippen molar-refractivity contribution in [3.8, 4) is 0 Å². The fraction of sp³-hybridized carbons (Fsp3) is 0.812. The number of urea groups is 1. The SMILES string of the molecule is CC(=O)CCCCNC(=O)CCCC[C@@H]1SC[C@@H]2NC(=O)N[C@@H]21. The Kier molecular flexibility index (Phi) is 7.20. The van der Waals surface area contributed by atoms with Crippen LogP contribution in [0.1, 0.15) is 51.9 Å². The number of hydrogen-bond acceptors (Lipinski definition) is 4. The van der Waals surface area contributed by atoms with Gasteiger partial charge in [-0.2, -0.15) is 11.8 Å². The lowest BCUT2D eigenvalue weighted by Gasteiger charge is -2.16. The molecule has 23 heavy (non-hydrogen) atoms. The highest BCUT2D eigenvalue weighted by Gasteiger charge is 2.42. The summed E-state index contributed by atoms with van der Waals surface area (Å²) >= 11 is 1.91. The predicted octanol–water partition coefficient (Wildman–Crippen LogP) is 1.59. The molecule has 3 amide bonds. The number of amides is 3. The van der Waals surface area contributed by atoms with E-state index in [0.29, 0.717) is 24.6 Å². The van der Waals surface area contributed by atoms with Crippen molar-refractivity contribution in [1.82, 2.24) is 16.0 Å². The molecule has 2 fully saturated rings. The summed E-state index contributed by atoms with van der Waals surface area (Å²) < 4.78 is 0. The minimum atomic E-state index is -0.0468. The van der Waals surface area contributed by atoms with Crippen LogP contribution in [0.2, 0.25) is 0 Å². The molecule has 3 N–H and O–H groups in total. The second-order valence-electron chi connectivity index (χ2n) is 6.38. The number of unbranched alkanes of at least 4 members (excludes halogenated alkanes) is 2. The molecule has 2 aliphatic rings. The highest BCUT2D eigenvalue weighted by atomic mass is 32.2. The predicted molar refractivity (Wildman–Crippen MR) is 91.5 cm³/mol. The summed E-state index contributed by atoms with van der Waals surface area (Å²) in [6.45, 7) is 2.25. The van der Waals surface area contributed by atoms with Crippen LogP contribution >= 0.6 is 11.8 Å². The molecule has 0 aromatic carbocycles. The van der Waals surface area contributed by atoms with E-state index in [2.05, 4.69) is 16.0 Å². The van der Waals surface area contributed by atoms with Crippen LogP contribution in [0.25, 0.3) is 0 Å². The van der Waals surface area contributed by atoms with E-state index in [1.807, 2.05) is 11.8 Å². The minimum absolute atomic E-state index is 0.0468. The minimum Gasteiger partial charge on any atom is -0.356 e. The average molecular weight is 341 g/mol. The quantitative estimate of drug-likeness (QED) is 0.416. The molecule has 2 rings (SSSR count). The normalized spacial score (nSPS) is 25.6. The van der Waals surface area contributed by atoms with E-state index in [9.17, 15) is 14.4 Å². The van der Waals surface area contributed by atoms with Gasteiger partial charge in [-0.25, -0.2) is 4.79 Å². The molecule has 0 bridgehead atoms. The van der Waals surface area contributed by atoms with Gasteiger partial charge in [0.25, 0.3) is 0 Å². The van der Waals surface area contributed by atoms with Crippen molar-refractivity contribution in [1.29, 1.82) is 0 Å². The van der Waals surface area contributed by atoms with Crippen molar-refractivity contribution in [2.24, 2.45) is 0 Å². The van der Waals surface area contributed by atoms with Crippen LogP contribution in [0.5, 0.6) is 0 Å². The summed E-state index contributed by atoms with van der Waals surface area (Å²) in [6.07, 6.45) is 5.80. The van der Waals surface area contributed by atoms with Crippen LogP contribution in [-0.4, -0.2) is 47.4 Å². The standard InChI is InChI=1S/C16H27N3O3S/c1-11(20)6-4-5-9-17-14(21)8-3-2-7-13-15-12(10-23-13)18-16(22)19-15/h12-13,15H,2-10H2,1H3,(H,17,21)(H2,18,19,22)/t12-,13-,15-/m0/s1. The van der Waals surface area contributed by atoms with Crippen LogP contribution in [0, 0.1) is 0 Å². The van der Waals surface area contributed by atoms with Crippen LogP contribution < -0.4 is 16.0 Å². The van der Waals surface area contributed by atoms with E-state index in [1.165, 1.54) is 0 Å². The van der Waals surface area contributed by atoms with Gasteiger partial charge in [-0.1, -0.05) is 6.42 Å². The van der Waals surface area contributed by atoms with E-state index >= 15 is 0 Å². The Labute approximate surface area is 141 Å². The Hall–Kier alpha value is -1.24. The van der Waals surface area contributed by atoms with Crippen LogP contribution in [0.15, 0.2) is 0 Å². The molecule has 7 heteroatoms. The Morgan fingerprint density at radius 1 is 1.17 bits per heavy atom. The molecule has 3 atom stereocenters. The van der Waals surface area contributed by atoms with Crippen molar-refractivity contribution in [3.05, 3.63) is 0 Å². The molecule has 2 aliphatic heterocycles. The topological polar surface area (TPSA) is 87.3 Å². The van der Waals surface area contributed by atoms with Gasteiger partial charge in [0, 0.05) is 30.4 Å². The summed E-state index contributed by atoms with van der Waals surface area (Å²) in [7, 11) is 0. The largest absolute Gasteiger partial charge is 0.356 e. The molecule has 130 valence electrons. The number of carbonyl (C=O) groups excluding carboxylic acids is 3. The van der Waals surface area contributed by atoms with Gasteiger partial charge in [-0.3, -0.25) is 4.79 Å². The average Bonchev–Trinajstić information content (AvgIpc) is 3.02. The molecule has 2 heterocycles. The lowest BCUT2D eigenvalue weighted by Crippen LogP contribution is -2.36. The first-order valence-corrected chi connectivity index (χ1v) is 9.56. The summed E-state index contributed by atoms with van der Waals surface area (Å²) in [5.41, 5.74) is 0. The molecule has 0 saturated carbocycles. The van der Waals surface area contributed by atoms with Crippen molar-refractivity contribution >= 4 is 29.5 Å². The maximum Gasteiger partial charge on any atom is 0.315 e. The van der Waals surface area contributed by atoms with Gasteiger partial charge >= 0.3 is 6.03 Å². The van der Waals surface area contributed by atoms with E-state index in [1.54, 1.807) is 6.92 Å². The summed E-state index contributed by atoms with van der Waals surface area (Å²) in [5, 5.41) is 9.30. The molecular formula is C16H27N3O3S. The monoisotopic (exact) mass is 341 g/mol. The zero-order chi connectivity index (χ0) is 16.7. The van der Waals surface area contributed by atoms with E-state index in [-0.39, 0.29) is 29.8 Å². The first kappa shape index (κ1) is 18.1. The molecule has 6 nitrogen and oxygen atoms in total. The van der Waals surface area contributed by atoms with E-state index in [4.69, 9.17) is 0 Å². The van der Waals surface area contributed by atoms with E-state index < -0.39 is 0 Å². The van der Waals surface area contributed by atoms with E-state index in [0.717, 1.165) is 37.9 Å². The smallest absolute Gasteiger partial charge is 0.315 e. The Bertz CT molecular complexity index is 444. The van der Waals surface area contributed by atoms with Gasteiger partial charge in [0.05, 0.1) is 12.1 Å². The third-order valence-corrected chi connectivity index (χ3v) is 5.87. The Morgan fingerprint density at radius 3 is 2.74 bits per heavy atom. The first-order chi connectivity index (χ1) is 11.1. The summed E-state index contributed by atoms with van der Waals surface area (Å²) in [4.78, 5) is 33.8. The number of thioether (sulfide) groups is 1. The fourth-order valence-electron chi connectivity index (χ4n) is 3.09. The lowest BCUT2D eigenvalue weighted by atomic mass is 10.0. The van der Waals surface area contributed by atoms with Gasteiger partial charge in [-0.15, -0.1) is 0 Å².